The molecule has 2 rings (SSSR count). The highest BCUT2D eigenvalue weighted by molar-refractivity contribution is 9.10. The second-order valence-corrected chi connectivity index (χ2v) is 4.90. The number of nitrogens with one attached hydrogen (secondary N) is 2. The van der Waals surface area contributed by atoms with Gasteiger partial charge in [0.05, 0.1) is 0 Å². The Labute approximate surface area is 119 Å². The van der Waals surface area contributed by atoms with Gasteiger partial charge < -0.3 is 10.6 Å². The first-order chi connectivity index (χ1) is 9.04. The standard InChI is InChI=1S/C14H12BrFN2O/c1-9-2-5-12(8-13(9)15)18-14(19)17-11-6-3-10(16)4-7-11/h2-8H,1H3,(H2,17,18,19). The minimum atomic E-state index is -0.373. The van der Waals surface area contributed by atoms with Gasteiger partial charge in [0.15, 0.2) is 0 Å². The number of anilines is 2. The molecule has 0 saturated heterocycles. The van der Waals surface area contributed by atoms with Crippen LogP contribution < -0.4 is 10.6 Å². The van der Waals surface area contributed by atoms with Crippen LogP contribution in [0.2, 0.25) is 0 Å². The van der Waals surface area contributed by atoms with Crippen LogP contribution in [0.15, 0.2) is 46.9 Å². The van der Waals surface area contributed by atoms with Gasteiger partial charge in [0, 0.05) is 15.8 Å². The molecule has 2 aromatic rings. The molecule has 19 heavy (non-hydrogen) atoms. The number of carbonyl (C=O) groups excluding carboxylic acids is 1. The third kappa shape index (κ3) is 3.79. The Kier molecular flexibility index (Phi) is 4.16. The molecule has 2 amide bonds. The van der Waals surface area contributed by atoms with E-state index in [-0.39, 0.29) is 11.8 Å². The van der Waals surface area contributed by atoms with E-state index in [9.17, 15) is 9.18 Å². The fraction of sp³-hybridized carbons (Fsp3) is 0.0714. The zero-order chi connectivity index (χ0) is 13.8. The molecule has 3 nitrogen and oxygen atoms in total. The predicted octanol–water partition coefficient (Wildman–Crippen LogP) is 4.54. The highest BCUT2D eigenvalue weighted by atomic mass is 79.9. The number of amides is 2. The number of urea groups is 1. The molecule has 0 aliphatic rings. The van der Waals surface area contributed by atoms with Crippen LogP contribution in [0.5, 0.6) is 0 Å². The first-order valence-corrected chi connectivity index (χ1v) is 6.43. The highest BCUT2D eigenvalue weighted by Gasteiger charge is 2.04. The highest BCUT2D eigenvalue weighted by Crippen LogP contribution is 2.20. The second-order valence-electron chi connectivity index (χ2n) is 4.05. The first-order valence-electron chi connectivity index (χ1n) is 5.64. The maximum atomic E-state index is 12.7. The molecule has 5 heteroatoms. The van der Waals surface area contributed by atoms with Crippen molar-refractivity contribution in [1.29, 1.82) is 0 Å². The number of hydrogen-bond donors (Lipinski definition) is 2. The summed E-state index contributed by atoms with van der Waals surface area (Å²) in [7, 11) is 0. The SMILES string of the molecule is Cc1ccc(NC(=O)Nc2ccc(F)cc2)cc1Br. The van der Waals surface area contributed by atoms with Crippen LogP contribution in [-0.2, 0) is 0 Å². The van der Waals surface area contributed by atoms with Crippen molar-refractivity contribution >= 4 is 33.3 Å². The normalized spacial score (nSPS) is 10.1. The predicted molar refractivity (Wildman–Crippen MR) is 77.9 cm³/mol. The summed E-state index contributed by atoms with van der Waals surface area (Å²) < 4.78 is 13.6. The van der Waals surface area contributed by atoms with Gasteiger partial charge in [0.25, 0.3) is 0 Å². The van der Waals surface area contributed by atoms with E-state index in [1.54, 1.807) is 0 Å². The van der Waals surface area contributed by atoms with Crippen molar-refractivity contribution in [2.24, 2.45) is 0 Å². The summed E-state index contributed by atoms with van der Waals surface area (Å²) in [4.78, 5) is 11.7. The Balaban J connectivity index is 2.01. The van der Waals surface area contributed by atoms with Gasteiger partial charge in [-0.05, 0) is 48.9 Å². The molecule has 2 N–H and O–H groups in total. The molecule has 0 aliphatic carbocycles. The van der Waals surface area contributed by atoms with Crippen LogP contribution in [-0.4, -0.2) is 6.03 Å². The average Bonchev–Trinajstić information content (AvgIpc) is 2.37. The molecular weight excluding hydrogens is 311 g/mol. The summed E-state index contributed by atoms with van der Waals surface area (Å²) >= 11 is 3.40. The third-order valence-corrected chi connectivity index (χ3v) is 3.39. The minimum Gasteiger partial charge on any atom is -0.308 e. The van der Waals surface area contributed by atoms with Crippen molar-refractivity contribution in [3.8, 4) is 0 Å². The van der Waals surface area contributed by atoms with Gasteiger partial charge in [-0.15, -0.1) is 0 Å². The third-order valence-electron chi connectivity index (χ3n) is 2.53. The van der Waals surface area contributed by atoms with Gasteiger partial charge in [-0.2, -0.15) is 0 Å². The number of hydrogen-bond acceptors (Lipinski definition) is 1. The van der Waals surface area contributed by atoms with Crippen LogP contribution in [0.4, 0.5) is 20.6 Å². The molecule has 0 radical (unpaired) electrons. The largest absolute Gasteiger partial charge is 0.323 e. The van der Waals surface area contributed by atoms with Crippen molar-refractivity contribution in [3.05, 3.63) is 58.3 Å². The number of aryl methyl sites for hydroxylation is 1. The lowest BCUT2D eigenvalue weighted by Gasteiger charge is -2.08. The smallest absolute Gasteiger partial charge is 0.308 e. The molecule has 0 bridgehead atoms. The summed E-state index contributed by atoms with van der Waals surface area (Å²) in [6.07, 6.45) is 0. The Morgan fingerprint density at radius 2 is 1.63 bits per heavy atom. The Morgan fingerprint density at radius 1 is 1.05 bits per heavy atom. The maximum absolute atomic E-state index is 12.7. The molecule has 98 valence electrons. The Morgan fingerprint density at radius 3 is 2.26 bits per heavy atom. The number of carbonyl (C=O) groups is 1. The molecule has 2 aromatic carbocycles. The van der Waals surface area contributed by atoms with E-state index >= 15 is 0 Å². The fourth-order valence-corrected chi connectivity index (χ4v) is 1.88. The topological polar surface area (TPSA) is 41.1 Å². The molecule has 0 aliphatic heterocycles. The molecule has 0 fully saturated rings. The molecular formula is C14H12BrFN2O. The first kappa shape index (κ1) is 13.5. The van der Waals surface area contributed by atoms with Crippen molar-refractivity contribution in [2.45, 2.75) is 6.92 Å². The van der Waals surface area contributed by atoms with Crippen molar-refractivity contribution in [2.75, 3.05) is 10.6 Å². The van der Waals surface area contributed by atoms with E-state index in [0.29, 0.717) is 11.4 Å². The molecule has 0 atom stereocenters. The summed E-state index contributed by atoms with van der Waals surface area (Å²) in [5.41, 5.74) is 2.30. The lowest BCUT2D eigenvalue weighted by Crippen LogP contribution is -2.19. The van der Waals surface area contributed by atoms with Crippen molar-refractivity contribution in [3.63, 3.8) is 0 Å². The number of rotatable bonds is 2. The van der Waals surface area contributed by atoms with Gasteiger partial charge in [-0.1, -0.05) is 22.0 Å². The van der Waals surface area contributed by atoms with E-state index in [0.717, 1.165) is 10.0 Å². The molecule has 0 unspecified atom stereocenters. The average molecular weight is 323 g/mol. The van der Waals surface area contributed by atoms with E-state index in [1.165, 1.54) is 24.3 Å². The van der Waals surface area contributed by atoms with Gasteiger partial charge in [-0.3, -0.25) is 0 Å². The van der Waals surface area contributed by atoms with Crippen LogP contribution in [0, 0.1) is 12.7 Å². The monoisotopic (exact) mass is 322 g/mol. The van der Waals surface area contributed by atoms with Gasteiger partial charge in [0.1, 0.15) is 5.82 Å². The zero-order valence-electron chi connectivity index (χ0n) is 10.2. The number of benzene rings is 2. The summed E-state index contributed by atoms with van der Waals surface area (Å²) in [6, 6.07) is 10.7. The number of halogens is 2. The minimum absolute atomic E-state index is 0.339. The summed E-state index contributed by atoms with van der Waals surface area (Å²) in [5.74, 6) is -0.339. The quantitative estimate of drug-likeness (QED) is 0.837. The van der Waals surface area contributed by atoms with Crippen molar-refractivity contribution < 1.29 is 9.18 Å². The Hall–Kier alpha value is -1.88. The molecule has 0 spiro atoms. The zero-order valence-corrected chi connectivity index (χ0v) is 11.8. The lowest BCUT2D eigenvalue weighted by molar-refractivity contribution is 0.262. The van der Waals surface area contributed by atoms with Gasteiger partial charge in [-0.25, -0.2) is 9.18 Å². The van der Waals surface area contributed by atoms with E-state index in [4.69, 9.17) is 0 Å². The molecule has 0 aromatic heterocycles. The summed E-state index contributed by atoms with van der Waals surface area (Å²) in [6.45, 7) is 1.96. The maximum Gasteiger partial charge on any atom is 0.323 e. The summed E-state index contributed by atoms with van der Waals surface area (Å²) in [5, 5.41) is 5.32. The Bertz CT molecular complexity index is 599. The van der Waals surface area contributed by atoms with Crippen molar-refractivity contribution in [1.82, 2.24) is 0 Å². The van der Waals surface area contributed by atoms with E-state index < -0.39 is 0 Å². The van der Waals surface area contributed by atoms with E-state index in [1.807, 2.05) is 25.1 Å². The van der Waals surface area contributed by atoms with Crippen LogP contribution in [0.3, 0.4) is 0 Å². The van der Waals surface area contributed by atoms with Crippen LogP contribution >= 0.6 is 15.9 Å². The van der Waals surface area contributed by atoms with Crippen LogP contribution in [0.1, 0.15) is 5.56 Å². The molecule has 0 heterocycles. The van der Waals surface area contributed by atoms with Gasteiger partial charge in [0.2, 0.25) is 0 Å². The van der Waals surface area contributed by atoms with E-state index in [2.05, 4.69) is 26.6 Å². The second kappa shape index (κ2) is 5.84. The molecule has 0 saturated carbocycles. The fourth-order valence-electron chi connectivity index (χ4n) is 1.50. The van der Waals surface area contributed by atoms with Gasteiger partial charge >= 0.3 is 6.03 Å². The lowest BCUT2D eigenvalue weighted by atomic mass is 10.2. The van der Waals surface area contributed by atoms with Crippen LogP contribution in [0.25, 0.3) is 0 Å².